The minimum atomic E-state index is 0.306. The summed E-state index contributed by atoms with van der Waals surface area (Å²) < 4.78 is 0. The lowest BCUT2D eigenvalue weighted by molar-refractivity contribution is -0.131. The summed E-state index contributed by atoms with van der Waals surface area (Å²) in [5, 5.41) is 0. The van der Waals surface area contributed by atoms with Crippen LogP contribution in [0.5, 0.6) is 0 Å². The molecule has 2 bridgehead atoms. The molecular formula is C20H28N2O. The Morgan fingerprint density at radius 2 is 1.96 bits per heavy atom. The molecule has 1 saturated heterocycles. The van der Waals surface area contributed by atoms with Gasteiger partial charge in [0, 0.05) is 18.3 Å². The number of fused-ring (bicyclic) bond motifs is 2. The van der Waals surface area contributed by atoms with Gasteiger partial charge in [-0.1, -0.05) is 18.6 Å². The van der Waals surface area contributed by atoms with Crippen LogP contribution in [0.4, 0.5) is 5.69 Å². The van der Waals surface area contributed by atoms with Crippen molar-refractivity contribution in [3.63, 3.8) is 0 Å². The first-order valence-corrected chi connectivity index (χ1v) is 9.33. The van der Waals surface area contributed by atoms with Crippen LogP contribution >= 0.6 is 0 Å². The van der Waals surface area contributed by atoms with E-state index in [1.165, 1.54) is 44.9 Å². The molecule has 4 unspecified atom stereocenters. The molecule has 1 aromatic carbocycles. The maximum absolute atomic E-state index is 12.7. The average molecular weight is 312 g/mol. The van der Waals surface area contributed by atoms with Crippen LogP contribution in [0, 0.1) is 17.8 Å². The van der Waals surface area contributed by atoms with Gasteiger partial charge in [0.05, 0.1) is 6.42 Å². The van der Waals surface area contributed by atoms with Crippen LogP contribution in [0.2, 0.25) is 0 Å². The third-order valence-corrected chi connectivity index (χ3v) is 6.49. The first-order valence-electron chi connectivity index (χ1n) is 9.33. The van der Waals surface area contributed by atoms with Gasteiger partial charge < -0.3 is 10.6 Å². The van der Waals surface area contributed by atoms with Gasteiger partial charge in [-0.25, -0.2) is 0 Å². The molecule has 1 aliphatic heterocycles. The number of benzene rings is 1. The van der Waals surface area contributed by atoms with Crippen molar-refractivity contribution in [1.82, 2.24) is 4.90 Å². The van der Waals surface area contributed by atoms with Crippen LogP contribution in [0.15, 0.2) is 24.3 Å². The lowest BCUT2D eigenvalue weighted by Crippen LogP contribution is -2.38. The Labute approximate surface area is 139 Å². The van der Waals surface area contributed by atoms with Crippen molar-refractivity contribution >= 4 is 11.6 Å². The smallest absolute Gasteiger partial charge is 0.227 e. The molecule has 1 amide bonds. The quantitative estimate of drug-likeness (QED) is 0.863. The largest absolute Gasteiger partial charge is 0.399 e. The number of nitrogens with two attached hydrogens (primary N) is 1. The molecule has 1 aromatic rings. The highest BCUT2D eigenvalue weighted by Crippen LogP contribution is 2.50. The Kier molecular flexibility index (Phi) is 4.04. The molecule has 23 heavy (non-hydrogen) atoms. The van der Waals surface area contributed by atoms with Crippen LogP contribution in [-0.4, -0.2) is 23.4 Å². The summed E-state index contributed by atoms with van der Waals surface area (Å²) in [4.78, 5) is 14.9. The summed E-state index contributed by atoms with van der Waals surface area (Å²) in [5.74, 6) is 3.17. The molecular weight excluding hydrogens is 284 g/mol. The highest BCUT2D eigenvalue weighted by Gasteiger charge is 2.41. The second-order valence-corrected chi connectivity index (χ2v) is 7.97. The fraction of sp³-hybridized carbons (Fsp3) is 0.650. The van der Waals surface area contributed by atoms with Gasteiger partial charge in [0.2, 0.25) is 5.91 Å². The third-order valence-electron chi connectivity index (χ3n) is 6.49. The number of likely N-dealkylation sites (tertiary alicyclic amines) is 1. The standard InChI is InChI=1S/C20H28N2O/c21-18-7-4-14(5-8-18)12-20(23)22-9-1-2-19(22)13-17-11-15-3-6-16(17)10-15/h4-5,7-8,15-17,19H,1-3,6,9-13,21H2. The summed E-state index contributed by atoms with van der Waals surface area (Å²) in [7, 11) is 0. The molecule has 0 aromatic heterocycles. The van der Waals surface area contributed by atoms with Gasteiger partial charge in [-0.2, -0.15) is 0 Å². The van der Waals surface area contributed by atoms with Gasteiger partial charge in [-0.3, -0.25) is 4.79 Å². The van der Waals surface area contributed by atoms with E-state index in [0.29, 0.717) is 18.4 Å². The van der Waals surface area contributed by atoms with Crippen molar-refractivity contribution < 1.29 is 4.79 Å². The Balaban J connectivity index is 1.37. The monoisotopic (exact) mass is 312 g/mol. The SMILES string of the molecule is Nc1ccc(CC(=O)N2CCCC2CC2CC3CCC2C3)cc1. The summed E-state index contributed by atoms with van der Waals surface area (Å²) in [6.07, 6.45) is 9.98. The molecule has 3 aliphatic rings. The average Bonchev–Trinajstić information content (AvgIpc) is 3.26. The van der Waals surface area contributed by atoms with E-state index < -0.39 is 0 Å². The molecule has 1 heterocycles. The normalized spacial score (nSPS) is 32.6. The number of hydrogen-bond donors (Lipinski definition) is 1. The third kappa shape index (κ3) is 3.11. The number of nitrogens with zero attached hydrogens (tertiary/aromatic N) is 1. The zero-order valence-electron chi connectivity index (χ0n) is 13.9. The van der Waals surface area contributed by atoms with Gasteiger partial charge in [0.15, 0.2) is 0 Å². The van der Waals surface area contributed by atoms with Crippen molar-refractivity contribution in [3.05, 3.63) is 29.8 Å². The summed E-state index contributed by atoms with van der Waals surface area (Å²) >= 11 is 0. The van der Waals surface area contributed by atoms with E-state index in [1.54, 1.807) is 0 Å². The number of carbonyl (C=O) groups is 1. The fourth-order valence-corrected chi connectivity index (χ4v) is 5.34. The first-order chi connectivity index (χ1) is 11.2. The predicted molar refractivity (Wildman–Crippen MR) is 92.8 cm³/mol. The number of rotatable bonds is 4. The predicted octanol–water partition coefficient (Wildman–Crippen LogP) is 3.63. The van der Waals surface area contributed by atoms with Crippen molar-refractivity contribution in [2.45, 2.75) is 57.4 Å². The molecule has 0 spiro atoms. The molecule has 2 saturated carbocycles. The summed E-state index contributed by atoms with van der Waals surface area (Å²) in [5.41, 5.74) is 7.57. The minimum absolute atomic E-state index is 0.306. The highest BCUT2D eigenvalue weighted by atomic mass is 16.2. The second-order valence-electron chi connectivity index (χ2n) is 7.97. The number of hydrogen-bond acceptors (Lipinski definition) is 2. The molecule has 4 rings (SSSR count). The van der Waals surface area contributed by atoms with E-state index in [2.05, 4.69) is 4.90 Å². The van der Waals surface area contributed by atoms with E-state index in [1.807, 2.05) is 24.3 Å². The van der Waals surface area contributed by atoms with Crippen molar-refractivity contribution in [2.75, 3.05) is 12.3 Å². The van der Waals surface area contributed by atoms with E-state index in [9.17, 15) is 4.79 Å². The zero-order chi connectivity index (χ0) is 15.8. The summed E-state index contributed by atoms with van der Waals surface area (Å²) in [6.45, 7) is 0.958. The molecule has 3 fully saturated rings. The van der Waals surface area contributed by atoms with E-state index in [4.69, 9.17) is 5.73 Å². The van der Waals surface area contributed by atoms with Crippen molar-refractivity contribution in [3.8, 4) is 0 Å². The number of anilines is 1. The molecule has 2 aliphatic carbocycles. The first kappa shape index (κ1) is 15.0. The van der Waals surface area contributed by atoms with E-state index in [0.717, 1.165) is 35.5 Å². The van der Waals surface area contributed by atoms with Crippen LogP contribution in [0.25, 0.3) is 0 Å². The topological polar surface area (TPSA) is 46.3 Å². The van der Waals surface area contributed by atoms with E-state index >= 15 is 0 Å². The van der Waals surface area contributed by atoms with Gasteiger partial charge >= 0.3 is 0 Å². The Hall–Kier alpha value is -1.51. The summed E-state index contributed by atoms with van der Waals surface area (Å²) in [6, 6.07) is 8.24. The lowest BCUT2D eigenvalue weighted by atomic mass is 9.83. The van der Waals surface area contributed by atoms with Crippen LogP contribution in [-0.2, 0) is 11.2 Å². The molecule has 4 atom stereocenters. The Morgan fingerprint density at radius 1 is 1.13 bits per heavy atom. The van der Waals surface area contributed by atoms with Gasteiger partial charge in [-0.05, 0) is 74.0 Å². The van der Waals surface area contributed by atoms with Crippen LogP contribution < -0.4 is 5.73 Å². The number of carbonyl (C=O) groups excluding carboxylic acids is 1. The minimum Gasteiger partial charge on any atom is -0.399 e. The molecule has 0 radical (unpaired) electrons. The van der Waals surface area contributed by atoms with Gasteiger partial charge in [0.1, 0.15) is 0 Å². The molecule has 2 N–H and O–H groups in total. The maximum atomic E-state index is 12.7. The number of amides is 1. The Bertz CT molecular complexity index is 568. The van der Waals surface area contributed by atoms with Crippen LogP contribution in [0.3, 0.4) is 0 Å². The van der Waals surface area contributed by atoms with E-state index in [-0.39, 0.29) is 0 Å². The maximum Gasteiger partial charge on any atom is 0.227 e. The molecule has 124 valence electrons. The van der Waals surface area contributed by atoms with Crippen molar-refractivity contribution in [1.29, 1.82) is 0 Å². The van der Waals surface area contributed by atoms with Gasteiger partial charge in [-0.15, -0.1) is 0 Å². The Morgan fingerprint density at radius 3 is 2.65 bits per heavy atom. The zero-order valence-corrected chi connectivity index (χ0v) is 13.9. The second kappa shape index (κ2) is 6.18. The van der Waals surface area contributed by atoms with Gasteiger partial charge in [0.25, 0.3) is 0 Å². The molecule has 3 heteroatoms. The fourth-order valence-electron chi connectivity index (χ4n) is 5.34. The number of nitrogen functional groups attached to an aromatic ring is 1. The lowest BCUT2D eigenvalue weighted by Gasteiger charge is -2.30. The van der Waals surface area contributed by atoms with Crippen molar-refractivity contribution in [2.24, 2.45) is 17.8 Å². The van der Waals surface area contributed by atoms with Crippen LogP contribution in [0.1, 0.15) is 50.5 Å². The molecule has 3 nitrogen and oxygen atoms in total. The highest BCUT2D eigenvalue weighted by molar-refractivity contribution is 5.79.